The highest BCUT2D eigenvalue weighted by Gasteiger charge is 2.21. The van der Waals surface area contributed by atoms with Gasteiger partial charge in [-0.2, -0.15) is 0 Å². The lowest BCUT2D eigenvalue weighted by Crippen LogP contribution is -2.49. The highest BCUT2D eigenvalue weighted by Crippen LogP contribution is 2.25. The van der Waals surface area contributed by atoms with Crippen LogP contribution in [-0.4, -0.2) is 63.2 Å². The van der Waals surface area contributed by atoms with Crippen LogP contribution in [0.5, 0.6) is 0 Å². The maximum atomic E-state index is 4.41. The van der Waals surface area contributed by atoms with Gasteiger partial charge in [0, 0.05) is 45.3 Å². The van der Waals surface area contributed by atoms with E-state index >= 15 is 0 Å². The van der Waals surface area contributed by atoms with E-state index in [0.29, 0.717) is 6.04 Å². The van der Waals surface area contributed by atoms with Crippen molar-refractivity contribution in [1.82, 2.24) is 15.5 Å². The monoisotopic (exact) mass is 363 g/mol. The van der Waals surface area contributed by atoms with Crippen molar-refractivity contribution in [2.75, 3.05) is 45.2 Å². The van der Waals surface area contributed by atoms with Crippen molar-refractivity contribution < 1.29 is 0 Å². The zero-order valence-electron chi connectivity index (χ0n) is 15.7. The third-order valence-electron chi connectivity index (χ3n) is 5.58. The van der Waals surface area contributed by atoms with Crippen LogP contribution in [0.25, 0.3) is 0 Å². The molecule has 3 rings (SSSR count). The molecule has 1 saturated carbocycles. The average Bonchev–Trinajstić information content (AvgIpc) is 3.35. The van der Waals surface area contributed by atoms with Crippen molar-refractivity contribution in [3.8, 4) is 0 Å². The molecule has 0 unspecified atom stereocenters. The second-order valence-electron chi connectivity index (χ2n) is 7.27. The molecule has 0 spiro atoms. The van der Waals surface area contributed by atoms with Crippen molar-refractivity contribution in [1.29, 1.82) is 0 Å². The third-order valence-corrected chi connectivity index (χ3v) is 6.51. The molecule has 0 atom stereocenters. The maximum Gasteiger partial charge on any atom is 0.191 e. The Labute approximate surface area is 156 Å². The fraction of sp³-hybridized carbons (Fsp3) is 0.737. The molecule has 0 amide bonds. The molecule has 0 radical (unpaired) electrons. The number of rotatable bonds is 6. The molecule has 6 heteroatoms. The number of hydrogen-bond acceptors (Lipinski definition) is 4. The Hall–Kier alpha value is -1.27. The summed E-state index contributed by atoms with van der Waals surface area (Å²) in [7, 11) is 4.13. The van der Waals surface area contributed by atoms with Gasteiger partial charge in [0.1, 0.15) is 0 Å². The van der Waals surface area contributed by atoms with E-state index in [-0.39, 0.29) is 0 Å². The molecule has 1 aliphatic carbocycles. The van der Waals surface area contributed by atoms with Gasteiger partial charge in [-0.1, -0.05) is 12.8 Å². The minimum absolute atomic E-state index is 0.523. The number of nitrogens with zero attached hydrogens (tertiary/aromatic N) is 3. The van der Waals surface area contributed by atoms with Crippen molar-refractivity contribution >= 4 is 22.3 Å². The number of nitrogens with one attached hydrogen (secondary N) is 2. The van der Waals surface area contributed by atoms with Gasteiger partial charge in [0.25, 0.3) is 0 Å². The van der Waals surface area contributed by atoms with E-state index < -0.39 is 0 Å². The SMILES string of the molecule is CN=C(NCCN(C)C1CCCC1)NC1CCN(c2cccs2)CC1. The topological polar surface area (TPSA) is 42.9 Å². The van der Waals surface area contributed by atoms with Gasteiger partial charge in [0.15, 0.2) is 5.96 Å². The van der Waals surface area contributed by atoms with Gasteiger partial charge in [-0.25, -0.2) is 0 Å². The molecule has 2 aliphatic rings. The highest BCUT2D eigenvalue weighted by atomic mass is 32.1. The van der Waals surface area contributed by atoms with Crippen molar-refractivity contribution in [3.05, 3.63) is 17.5 Å². The van der Waals surface area contributed by atoms with Crippen LogP contribution in [0.2, 0.25) is 0 Å². The number of thiophene rings is 1. The maximum absolute atomic E-state index is 4.41. The molecule has 1 aromatic heterocycles. The second-order valence-corrected chi connectivity index (χ2v) is 8.20. The summed E-state index contributed by atoms with van der Waals surface area (Å²) in [5.74, 6) is 0.953. The Morgan fingerprint density at radius 1 is 1.28 bits per heavy atom. The number of aliphatic imine (C=N–C) groups is 1. The van der Waals surface area contributed by atoms with E-state index in [4.69, 9.17) is 0 Å². The summed E-state index contributed by atoms with van der Waals surface area (Å²) in [4.78, 5) is 9.41. The quantitative estimate of drug-likeness (QED) is 0.602. The van der Waals surface area contributed by atoms with Crippen LogP contribution in [0, 0.1) is 0 Å². The van der Waals surface area contributed by atoms with Crippen LogP contribution >= 0.6 is 11.3 Å². The minimum Gasteiger partial charge on any atom is -0.363 e. The number of guanidine groups is 1. The first-order chi connectivity index (χ1) is 12.3. The molecule has 5 nitrogen and oxygen atoms in total. The van der Waals surface area contributed by atoms with Gasteiger partial charge in [0.2, 0.25) is 0 Å². The molecule has 0 aromatic carbocycles. The molecule has 2 N–H and O–H groups in total. The summed E-state index contributed by atoms with van der Waals surface area (Å²) in [5.41, 5.74) is 0. The predicted molar refractivity (Wildman–Crippen MR) is 109 cm³/mol. The molecular weight excluding hydrogens is 330 g/mol. The predicted octanol–water partition coefficient (Wildman–Crippen LogP) is 2.76. The first kappa shape index (κ1) is 18.5. The normalized spacial score (nSPS) is 20.4. The Bertz CT molecular complexity index is 516. The smallest absolute Gasteiger partial charge is 0.191 e. The van der Waals surface area contributed by atoms with Gasteiger partial charge < -0.3 is 20.4 Å². The van der Waals surface area contributed by atoms with Crippen LogP contribution in [-0.2, 0) is 0 Å². The first-order valence-corrected chi connectivity index (χ1v) is 10.6. The largest absolute Gasteiger partial charge is 0.363 e. The van der Waals surface area contributed by atoms with Crippen LogP contribution < -0.4 is 15.5 Å². The molecule has 1 aromatic rings. The molecule has 2 heterocycles. The minimum atomic E-state index is 0.523. The first-order valence-electron chi connectivity index (χ1n) is 9.72. The van der Waals surface area contributed by atoms with Crippen molar-refractivity contribution in [3.63, 3.8) is 0 Å². The lowest BCUT2D eigenvalue weighted by atomic mass is 10.1. The van der Waals surface area contributed by atoms with Gasteiger partial charge in [0.05, 0.1) is 5.00 Å². The van der Waals surface area contributed by atoms with Crippen LogP contribution in [0.3, 0.4) is 0 Å². The fourth-order valence-corrected chi connectivity index (χ4v) is 4.75. The number of anilines is 1. The summed E-state index contributed by atoms with van der Waals surface area (Å²) >= 11 is 1.84. The summed E-state index contributed by atoms with van der Waals surface area (Å²) < 4.78 is 0. The highest BCUT2D eigenvalue weighted by molar-refractivity contribution is 7.14. The van der Waals surface area contributed by atoms with Gasteiger partial charge >= 0.3 is 0 Å². The summed E-state index contributed by atoms with van der Waals surface area (Å²) in [6.45, 7) is 4.29. The molecular formula is C19H33N5S. The van der Waals surface area contributed by atoms with Gasteiger partial charge in [-0.15, -0.1) is 11.3 Å². The van der Waals surface area contributed by atoms with Crippen molar-refractivity contribution in [2.45, 2.75) is 50.6 Å². The Morgan fingerprint density at radius 2 is 2.04 bits per heavy atom. The zero-order chi connectivity index (χ0) is 17.5. The number of likely N-dealkylation sites (N-methyl/N-ethyl adjacent to an activating group) is 1. The molecule has 140 valence electrons. The molecule has 25 heavy (non-hydrogen) atoms. The fourth-order valence-electron chi connectivity index (χ4n) is 3.96. The van der Waals surface area contributed by atoms with Crippen LogP contribution in [0.1, 0.15) is 38.5 Å². The lowest BCUT2D eigenvalue weighted by molar-refractivity contribution is 0.249. The third kappa shape index (κ3) is 5.35. The van der Waals surface area contributed by atoms with E-state index in [9.17, 15) is 0 Å². The van der Waals surface area contributed by atoms with Crippen LogP contribution in [0.4, 0.5) is 5.00 Å². The molecule has 2 fully saturated rings. The second kappa shape index (κ2) is 9.43. The van der Waals surface area contributed by atoms with Gasteiger partial charge in [-0.05, 0) is 50.2 Å². The molecule has 0 bridgehead atoms. The summed E-state index contributed by atoms with van der Waals surface area (Å²) in [6.07, 6.45) is 7.87. The summed E-state index contributed by atoms with van der Waals surface area (Å²) in [5, 5.41) is 10.7. The number of piperidine rings is 1. The Kier molecular flexibility index (Phi) is 6.99. The average molecular weight is 364 g/mol. The molecule has 1 aliphatic heterocycles. The van der Waals surface area contributed by atoms with Crippen LogP contribution in [0.15, 0.2) is 22.5 Å². The van der Waals surface area contributed by atoms with E-state index in [1.54, 1.807) is 0 Å². The Balaban J connectivity index is 1.35. The lowest BCUT2D eigenvalue weighted by Gasteiger charge is -2.33. The summed E-state index contributed by atoms with van der Waals surface area (Å²) in [6, 6.07) is 5.67. The number of hydrogen-bond donors (Lipinski definition) is 2. The zero-order valence-corrected chi connectivity index (χ0v) is 16.5. The Morgan fingerprint density at radius 3 is 2.68 bits per heavy atom. The van der Waals surface area contributed by atoms with Crippen molar-refractivity contribution in [2.24, 2.45) is 4.99 Å². The van der Waals surface area contributed by atoms with E-state index in [0.717, 1.165) is 38.2 Å². The van der Waals surface area contributed by atoms with E-state index in [2.05, 4.69) is 50.0 Å². The molecule has 1 saturated heterocycles. The van der Waals surface area contributed by atoms with E-state index in [1.807, 2.05) is 18.4 Å². The van der Waals surface area contributed by atoms with E-state index in [1.165, 1.54) is 43.5 Å². The standard InChI is InChI=1S/C19H33N5S/c1-20-19(21-11-14-23(2)17-6-3-4-7-17)22-16-9-12-24(13-10-16)18-8-5-15-25-18/h5,8,15-17H,3-4,6-7,9-14H2,1-2H3,(H2,20,21,22). The van der Waals surface area contributed by atoms with Gasteiger partial charge in [-0.3, -0.25) is 4.99 Å².